The normalized spacial score (nSPS) is 14.8. The molecule has 0 unspecified atom stereocenters. The quantitative estimate of drug-likeness (QED) is 0.312. The fourth-order valence-corrected chi connectivity index (χ4v) is 5.93. The summed E-state index contributed by atoms with van der Waals surface area (Å²) in [7, 11) is 0. The van der Waals surface area contributed by atoms with Crippen molar-refractivity contribution in [3.8, 4) is 11.3 Å². The summed E-state index contributed by atoms with van der Waals surface area (Å²) in [6.07, 6.45) is 9.50. The molecule has 0 bridgehead atoms. The number of aromatic amines is 1. The molecule has 0 atom stereocenters. The number of hydrogen-bond donors (Lipinski definition) is 1. The van der Waals surface area contributed by atoms with Gasteiger partial charge in [-0.05, 0) is 43.2 Å². The summed E-state index contributed by atoms with van der Waals surface area (Å²) < 4.78 is 19.9. The van der Waals surface area contributed by atoms with E-state index in [2.05, 4.69) is 30.6 Å². The smallest absolute Gasteiger partial charge is 0.270 e. The standard InChI is InChI=1S/C30H29FN10O2/c1-2-41-26-18-39(17-20(26)15-34-41)30(43)25-14-23-22(24-6-3-8-32-36-24)13-21(28(31)29(23)35-25)19-5-4-10-38(16-19)27(42)7-11-40-12-9-33-37-40/h3,5-6,8-9,12-15,35H,2,4,7,10-11,16-18H2,1H3. The Balaban J connectivity index is 1.21. The van der Waals surface area contributed by atoms with E-state index in [1.165, 1.54) is 0 Å². The maximum atomic E-state index is 16.4. The highest BCUT2D eigenvalue weighted by atomic mass is 19.1. The van der Waals surface area contributed by atoms with E-state index in [1.807, 2.05) is 17.7 Å². The molecule has 0 saturated carbocycles. The van der Waals surface area contributed by atoms with Crippen LogP contribution in [0.1, 0.15) is 47.1 Å². The fraction of sp³-hybridized carbons (Fsp3) is 0.300. The predicted octanol–water partition coefficient (Wildman–Crippen LogP) is 3.43. The molecule has 0 fully saturated rings. The number of carbonyl (C=O) groups is 2. The fourth-order valence-electron chi connectivity index (χ4n) is 5.93. The van der Waals surface area contributed by atoms with E-state index in [9.17, 15) is 9.59 Å². The molecule has 6 heterocycles. The van der Waals surface area contributed by atoms with E-state index in [1.54, 1.807) is 63.5 Å². The average Bonchev–Trinajstić information content (AvgIpc) is 3.85. The van der Waals surface area contributed by atoms with Crippen molar-refractivity contribution in [1.82, 2.24) is 49.8 Å². The van der Waals surface area contributed by atoms with Gasteiger partial charge in [-0.25, -0.2) is 4.39 Å². The lowest BCUT2D eigenvalue weighted by atomic mass is 9.95. The third kappa shape index (κ3) is 4.86. The van der Waals surface area contributed by atoms with Gasteiger partial charge in [0, 0.05) is 67.1 Å². The van der Waals surface area contributed by atoms with Crippen LogP contribution in [0.2, 0.25) is 0 Å². The number of amides is 2. The molecule has 0 saturated heterocycles. The van der Waals surface area contributed by atoms with Gasteiger partial charge in [-0.2, -0.15) is 15.3 Å². The van der Waals surface area contributed by atoms with E-state index < -0.39 is 5.82 Å². The summed E-state index contributed by atoms with van der Waals surface area (Å²) in [6.45, 7) is 4.86. The third-order valence-electron chi connectivity index (χ3n) is 8.13. The molecule has 43 heavy (non-hydrogen) atoms. The Morgan fingerprint density at radius 1 is 1.07 bits per heavy atom. The minimum absolute atomic E-state index is 0.0395. The lowest BCUT2D eigenvalue weighted by Gasteiger charge is -2.28. The van der Waals surface area contributed by atoms with Gasteiger partial charge in [-0.1, -0.05) is 11.3 Å². The van der Waals surface area contributed by atoms with Crippen LogP contribution < -0.4 is 0 Å². The number of carbonyl (C=O) groups excluding carboxylic acids is 2. The van der Waals surface area contributed by atoms with Crippen molar-refractivity contribution in [2.45, 2.75) is 45.9 Å². The van der Waals surface area contributed by atoms with Gasteiger partial charge in [0.2, 0.25) is 5.91 Å². The largest absolute Gasteiger partial charge is 0.348 e. The molecule has 13 heteroatoms. The number of aromatic nitrogens is 8. The highest BCUT2D eigenvalue weighted by Gasteiger charge is 2.30. The number of hydrogen-bond acceptors (Lipinski definition) is 7. The van der Waals surface area contributed by atoms with Crippen LogP contribution in [0.4, 0.5) is 4.39 Å². The Morgan fingerprint density at radius 2 is 1.98 bits per heavy atom. The minimum Gasteiger partial charge on any atom is -0.348 e. The van der Waals surface area contributed by atoms with Crippen molar-refractivity contribution in [2.24, 2.45) is 0 Å². The van der Waals surface area contributed by atoms with Crippen molar-refractivity contribution in [3.63, 3.8) is 0 Å². The third-order valence-corrected chi connectivity index (χ3v) is 8.13. The molecule has 7 rings (SSSR count). The number of nitrogens with zero attached hydrogens (tertiary/aromatic N) is 9. The molecule has 4 aromatic heterocycles. The van der Waals surface area contributed by atoms with Gasteiger partial charge in [-0.15, -0.1) is 5.10 Å². The molecular formula is C30H29FN10O2. The van der Waals surface area contributed by atoms with Crippen molar-refractivity contribution < 1.29 is 14.0 Å². The average molecular weight is 581 g/mol. The second-order valence-corrected chi connectivity index (χ2v) is 10.7. The number of rotatable bonds is 7. The van der Waals surface area contributed by atoms with Crippen LogP contribution in [-0.4, -0.2) is 74.7 Å². The molecule has 2 aliphatic rings. The molecule has 0 aliphatic carbocycles. The number of halogens is 1. The van der Waals surface area contributed by atoms with Crippen LogP contribution in [0.5, 0.6) is 0 Å². The van der Waals surface area contributed by atoms with Crippen LogP contribution in [0.25, 0.3) is 27.7 Å². The summed E-state index contributed by atoms with van der Waals surface area (Å²) in [5, 5.41) is 20.9. The van der Waals surface area contributed by atoms with Gasteiger partial charge < -0.3 is 14.8 Å². The zero-order chi connectivity index (χ0) is 29.5. The first-order valence-electron chi connectivity index (χ1n) is 14.3. The molecule has 12 nitrogen and oxygen atoms in total. The predicted molar refractivity (Wildman–Crippen MR) is 155 cm³/mol. The minimum atomic E-state index is -0.476. The zero-order valence-electron chi connectivity index (χ0n) is 23.6. The van der Waals surface area contributed by atoms with Crippen molar-refractivity contribution in [3.05, 3.63) is 83.5 Å². The number of aryl methyl sites for hydroxylation is 2. The van der Waals surface area contributed by atoms with Crippen molar-refractivity contribution >= 4 is 28.3 Å². The van der Waals surface area contributed by atoms with Crippen LogP contribution >= 0.6 is 0 Å². The molecule has 2 aliphatic heterocycles. The maximum absolute atomic E-state index is 16.4. The molecular weight excluding hydrogens is 551 g/mol. The summed E-state index contributed by atoms with van der Waals surface area (Å²) in [4.78, 5) is 33.2. The number of fused-ring (bicyclic) bond motifs is 2. The summed E-state index contributed by atoms with van der Waals surface area (Å²) >= 11 is 0. The zero-order valence-corrected chi connectivity index (χ0v) is 23.6. The van der Waals surface area contributed by atoms with E-state index in [-0.39, 0.29) is 30.3 Å². The molecule has 0 radical (unpaired) electrons. The monoisotopic (exact) mass is 580 g/mol. The number of H-pyrrole nitrogens is 1. The van der Waals surface area contributed by atoms with Crippen LogP contribution in [-0.2, 0) is 31.0 Å². The first-order valence-corrected chi connectivity index (χ1v) is 14.3. The van der Waals surface area contributed by atoms with Gasteiger partial charge in [0.05, 0.1) is 42.4 Å². The van der Waals surface area contributed by atoms with E-state index in [0.717, 1.165) is 17.8 Å². The molecule has 1 N–H and O–H groups in total. The van der Waals surface area contributed by atoms with Crippen LogP contribution in [0.15, 0.2) is 55.1 Å². The lowest BCUT2D eigenvalue weighted by molar-refractivity contribution is -0.131. The Bertz CT molecular complexity index is 1860. The Labute approximate surface area is 245 Å². The van der Waals surface area contributed by atoms with Gasteiger partial charge in [-0.3, -0.25) is 19.0 Å². The van der Waals surface area contributed by atoms with E-state index in [0.29, 0.717) is 66.1 Å². The van der Waals surface area contributed by atoms with Crippen LogP contribution in [0.3, 0.4) is 0 Å². The summed E-state index contributed by atoms with van der Waals surface area (Å²) in [6, 6.07) is 7.02. The topological polar surface area (TPSA) is 131 Å². The Hall–Kier alpha value is -5.20. The second kappa shape index (κ2) is 10.9. The Morgan fingerprint density at radius 3 is 2.77 bits per heavy atom. The van der Waals surface area contributed by atoms with Gasteiger partial charge in [0.15, 0.2) is 5.82 Å². The first-order chi connectivity index (χ1) is 21.0. The van der Waals surface area contributed by atoms with Gasteiger partial charge in [0.25, 0.3) is 5.91 Å². The van der Waals surface area contributed by atoms with E-state index in [4.69, 9.17) is 0 Å². The molecule has 1 aromatic carbocycles. The Kier molecular flexibility index (Phi) is 6.76. The maximum Gasteiger partial charge on any atom is 0.270 e. The SMILES string of the molecule is CCn1ncc2c1CN(C(=O)c1cc3c(-c4cccnn4)cc(C4=CCCN(C(=O)CCn5ccnn5)C4)c(F)c3[nH]1)C2. The second-order valence-electron chi connectivity index (χ2n) is 10.7. The highest BCUT2D eigenvalue weighted by Crippen LogP contribution is 2.36. The van der Waals surface area contributed by atoms with Gasteiger partial charge in [0.1, 0.15) is 5.69 Å². The highest BCUT2D eigenvalue weighted by molar-refractivity contribution is 6.04. The van der Waals surface area contributed by atoms with Crippen molar-refractivity contribution in [2.75, 3.05) is 13.1 Å². The van der Waals surface area contributed by atoms with Gasteiger partial charge >= 0.3 is 0 Å². The summed E-state index contributed by atoms with van der Waals surface area (Å²) in [5.74, 6) is -0.736. The number of nitrogens with one attached hydrogen (secondary N) is 1. The molecule has 2 amide bonds. The lowest BCUT2D eigenvalue weighted by Crippen LogP contribution is -2.36. The molecule has 0 spiro atoms. The van der Waals surface area contributed by atoms with Crippen LogP contribution in [0, 0.1) is 5.82 Å². The number of benzene rings is 1. The summed E-state index contributed by atoms with van der Waals surface area (Å²) in [5.41, 5.74) is 4.81. The van der Waals surface area contributed by atoms with E-state index >= 15 is 4.39 Å². The molecule has 218 valence electrons. The van der Waals surface area contributed by atoms with Crippen molar-refractivity contribution in [1.29, 1.82) is 0 Å². The molecule has 5 aromatic rings. The first kappa shape index (κ1) is 26.7.